The first kappa shape index (κ1) is 11.4. The Labute approximate surface area is 81.5 Å². The zero-order valence-electron chi connectivity index (χ0n) is 7.21. The van der Waals surface area contributed by atoms with E-state index in [1.807, 2.05) is 0 Å². The van der Waals surface area contributed by atoms with Crippen LogP contribution in [0.1, 0.15) is 11.1 Å². The van der Waals surface area contributed by atoms with E-state index in [0.29, 0.717) is 18.2 Å². The molecule has 1 aromatic rings. The van der Waals surface area contributed by atoms with E-state index < -0.39 is 34.6 Å². The van der Waals surface area contributed by atoms with E-state index in [4.69, 9.17) is 0 Å². The first-order valence-corrected chi connectivity index (χ1v) is 3.78. The normalized spacial score (nSPS) is 11.5. The minimum absolute atomic E-state index is 0.494. The molecule has 0 aliphatic carbocycles. The Morgan fingerprint density at radius 3 is 2.40 bits per heavy atom. The van der Waals surface area contributed by atoms with Gasteiger partial charge in [-0.2, -0.15) is 13.2 Å². The van der Waals surface area contributed by atoms with Gasteiger partial charge in [-0.05, 0) is 18.2 Å². The maximum Gasteiger partial charge on any atom is 0.416 e. The number of halogens is 4. The first-order chi connectivity index (χ1) is 6.80. The molecule has 7 heteroatoms. The maximum absolute atomic E-state index is 12.6. The smallest absolute Gasteiger partial charge is 0.264 e. The maximum atomic E-state index is 12.6. The van der Waals surface area contributed by atoms with E-state index in [2.05, 4.69) is 0 Å². The van der Waals surface area contributed by atoms with Gasteiger partial charge in [0.15, 0.2) is 0 Å². The molecule has 0 saturated carbocycles. The number of benzene rings is 1. The molecular formula is C8H5F4NO2. The van der Waals surface area contributed by atoms with E-state index in [9.17, 15) is 27.7 Å². The van der Waals surface area contributed by atoms with E-state index in [1.165, 1.54) is 0 Å². The highest BCUT2D eigenvalue weighted by atomic mass is 19.4. The summed E-state index contributed by atoms with van der Waals surface area (Å²) < 4.78 is 49.5. The van der Waals surface area contributed by atoms with Crippen molar-refractivity contribution < 1.29 is 22.5 Å². The zero-order valence-corrected chi connectivity index (χ0v) is 7.21. The number of nitrogens with zero attached hydrogens (tertiary/aromatic N) is 1. The predicted octanol–water partition coefficient (Wildman–Crippen LogP) is 2.62. The summed E-state index contributed by atoms with van der Waals surface area (Å²) in [7, 11) is 0. The topological polar surface area (TPSA) is 43.1 Å². The molecule has 0 aliphatic heterocycles. The molecule has 0 N–H and O–H groups in total. The lowest BCUT2D eigenvalue weighted by Gasteiger charge is -2.09. The highest BCUT2D eigenvalue weighted by Gasteiger charge is 2.34. The lowest BCUT2D eigenvalue weighted by atomic mass is 10.1. The average molecular weight is 223 g/mol. The zero-order chi connectivity index (χ0) is 11.6. The van der Waals surface area contributed by atoms with Crippen LogP contribution in [0.5, 0.6) is 0 Å². The number of alkyl halides is 3. The fourth-order valence-electron chi connectivity index (χ4n) is 1.11. The van der Waals surface area contributed by atoms with Crippen LogP contribution < -0.4 is 0 Å². The molecule has 0 saturated heterocycles. The second kappa shape index (κ2) is 3.84. The summed E-state index contributed by atoms with van der Waals surface area (Å²) in [6.45, 7) is -1.05. The number of hydrogen-bond donors (Lipinski definition) is 0. The van der Waals surface area contributed by atoms with Crippen molar-refractivity contribution in [1.82, 2.24) is 0 Å². The summed E-state index contributed by atoms with van der Waals surface area (Å²) in [5.41, 5.74) is -1.85. The molecule has 0 amide bonds. The Morgan fingerprint density at radius 2 is 1.93 bits per heavy atom. The van der Waals surface area contributed by atoms with Crippen molar-refractivity contribution in [1.29, 1.82) is 0 Å². The third-order valence-electron chi connectivity index (χ3n) is 1.67. The molecule has 0 aliphatic rings. The van der Waals surface area contributed by atoms with Crippen molar-refractivity contribution in [2.45, 2.75) is 12.7 Å². The van der Waals surface area contributed by atoms with Gasteiger partial charge in [-0.25, -0.2) is 4.39 Å². The van der Waals surface area contributed by atoms with Crippen LogP contribution in [0.25, 0.3) is 0 Å². The van der Waals surface area contributed by atoms with Gasteiger partial charge in [0.1, 0.15) is 5.82 Å². The molecule has 0 atom stereocenters. The SMILES string of the molecule is O=[N+]([O-])Cc1cc(F)ccc1C(F)(F)F. The second-order valence-corrected chi connectivity index (χ2v) is 2.79. The van der Waals surface area contributed by atoms with Crippen LogP contribution >= 0.6 is 0 Å². The number of hydrogen-bond acceptors (Lipinski definition) is 2. The minimum atomic E-state index is -4.71. The molecule has 0 aromatic heterocycles. The summed E-state index contributed by atoms with van der Waals surface area (Å²) in [5.74, 6) is -0.931. The second-order valence-electron chi connectivity index (χ2n) is 2.79. The summed E-state index contributed by atoms with van der Waals surface area (Å²) in [5, 5.41) is 10.1. The van der Waals surface area contributed by atoms with Gasteiger partial charge < -0.3 is 0 Å². The fourth-order valence-corrected chi connectivity index (χ4v) is 1.11. The van der Waals surface area contributed by atoms with E-state index >= 15 is 0 Å². The molecular weight excluding hydrogens is 218 g/mol. The molecule has 1 aromatic carbocycles. The standard InChI is InChI=1S/C8H5F4NO2/c9-6-1-2-7(8(10,11)12)5(3-6)4-13(14)15/h1-3H,4H2. The fraction of sp³-hybridized carbons (Fsp3) is 0.250. The lowest BCUT2D eigenvalue weighted by Crippen LogP contribution is -2.12. The lowest BCUT2D eigenvalue weighted by molar-refractivity contribution is -0.497. The van der Waals surface area contributed by atoms with Crippen molar-refractivity contribution in [2.75, 3.05) is 0 Å². The van der Waals surface area contributed by atoms with Crippen LogP contribution in [0.15, 0.2) is 18.2 Å². The largest absolute Gasteiger partial charge is 0.416 e. The monoisotopic (exact) mass is 223 g/mol. The van der Waals surface area contributed by atoms with Gasteiger partial charge in [0.25, 0.3) is 0 Å². The highest BCUT2D eigenvalue weighted by Crippen LogP contribution is 2.32. The molecule has 3 nitrogen and oxygen atoms in total. The average Bonchev–Trinajstić information content (AvgIpc) is 1.99. The van der Waals surface area contributed by atoms with Crippen LogP contribution in [0.3, 0.4) is 0 Å². The van der Waals surface area contributed by atoms with Gasteiger partial charge >= 0.3 is 6.18 Å². The number of rotatable bonds is 2. The summed E-state index contributed by atoms with van der Waals surface area (Å²) in [6.07, 6.45) is -4.71. The third-order valence-corrected chi connectivity index (χ3v) is 1.67. The van der Waals surface area contributed by atoms with Crippen molar-refractivity contribution in [3.05, 3.63) is 45.3 Å². The Bertz CT molecular complexity index is 389. The molecule has 0 bridgehead atoms. The molecule has 15 heavy (non-hydrogen) atoms. The molecule has 0 fully saturated rings. The molecule has 0 spiro atoms. The van der Waals surface area contributed by atoms with Crippen LogP contribution in [-0.4, -0.2) is 4.92 Å². The van der Waals surface area contributed by atoms with Crippen molar-refractivity contribution >= 4 is 0 Å². The molecule has 82 valence electrons. The van der Waals surface area contributed by atoms with Crippen LogP contribution in [0, 0.1) is 15.9 Å². The van der Waals surface area contributed by atoms with Gasteiger partial charge in [0, 0.05) is 10.5 Å². The molecule has 0 radical (unpaired) electrons. The van der Waals surface area contributed by atoms with Gasteiger partial charge in [-0.3, -0.25) is 10.1 Å². The van der Waals surface area contributed by atoms with E-state index in [0.717, 1.165) is 0 Å². The summed E-state index contributed by atoms with van der Waals surface area (Å²) in [4.78, 5) is 9.13. The predicted molar refractivity (Wildman–Crippen MR) is 42.1 cm³/mol. The van der Waals surface area contributed by atoms with Gasteiger partial charge in [0.05, 0.1) is 5.56 Å². The minimum Gasteiger partial charge on any atom is -0.264 e. The number of nitro groups is 1. The molecule has 1 rings (SSSR count). The summed E-state index contributed by atoms with van der Waals surface area (Å²) in [6, 6.07) is 1.63. The van der Waals surface area contributed by atoms with Crippen LogP contribution in [0.2, 0.25) is 0 Å². The van der Waals surface area contributed by atoms with Gasteiger partial charge in [-0.15, -0.1) is 0 Å². The third kappa shape index (κ3) is 2.90. The van der Waals surface area contributed by atoms with Gasteiger partial charge in [0.2, 0.25) is 6.54 Å². The quantitative estimate of drug-likeness (QED) is 0.439. The Hall–Kier alpha value is -1.66. The van der Waals surface area contributed by atoms with E-state index in [-0.39, 0.29) is 0 Å². The Morgan fingerprint density at radius 1 is 1.33 bits per heavy atom. The molecule has 0 unspecified atom stereocenters. The van der Waals surface area contributed by atoms with Crippen molar-refractivity contribution in [3.63, 3.8) is 0 Å². The first-order valence-electron chi connectivity index (χ1n) is 3.78. The molecule has 0 heterocycles. The van der Waals surface area contributed by atoms with Crippen LogP contribution in [-0.2, 0) is 12.7 Å². The van der Waals surface area contributed by atoms with E-state index in [1.54, 1.807) is 0 Å². The summed E-state index contributed by atoms with van der Waals surface area (Å²) >= 11 is 0. The van der Waals surface area contributed by atoms with Gasteiger partial charge in [-0.1, -0.05) is 0 Å². The highest BCUT2D eigenvalue weighted by molar-refractivity contribution is 5.29. The van der Waals surface area contributed by atoms with Crippen molar-refractivity contribution in [2.24, 2.45) is 0 Å². The van der Waals surface area contributed by atoms with Crippen LogP contribution in [0.4, 0.5) is 17.6 Å². The Kier molecular flexibility index (Phi) is 2.92. The Balaban J connectivity index is 3.20. The van der Waals surface area contributed by atoms with Crippen molar-refractivity contribution in [3.8, 4) is 0 Å².